The van der Waals surface area contributed by atoms with Crippen molar-refractivity contribution >= 4 is 61.6 Å². The van der Waals surface area contributed by atoms with Crippen molar-refractivity contribution in [3.63, 3.8) is 0 Å². The van der Waals surface area contributed by atoms with Crippen LogP contribution in [0.4, 0.5) is 0 Å². The van der Waals surface area contributed by atoms with Gasteiger partial charge in [0.25, 0.3) is 0 Å². The van der Waals surface area contributed by atoms with E-state index in [9.17, 15) is 4.79 Å². The molecule has 0 fully saturated rings. The molecule has 0 atom stereocenters. The molecule has 1 heterocycles. The van der Waals surface area contributed by atoms with Gasteiger partial charge in [0, 0.05) is 9.86 Å². The maximum absolute atomic E-state index is 12.2. The molecule has 8 heteroatoms. The van der Waals surface area contributed by atoms with Gasteiger partial charge in [-0.3, -0.25) is 4.79 Å². The number of halogens is 2. The zero-order valence-electron chi connectivity index (χ0n) is 14.6. The summed E-state index contributed by atoms with van der Waals surface area (Å²) in [4.78, 5) is 12.2. The lowest BCUT2D eigenvalue weighted by molar-refractivity contribution is 0.0929. The van der Waals surface area contributed by atoms with Crippen LogP contribution in [0.1, 0.15) is 23.0 Å². The van der Waals surface area contributed by atoms with Crippen molar-refractivity contribution in [3.05, 3.63) is 55.8 Å². The van der Waals surface area contributed by atoms with Gasteiger partial charge >= 0.3 is 5.91 Å². The Morgan fingerprint density at radius 2 is 2.15 bits per heavy atom. The fourth-order valence-electron chi connectivity index (χ4n) is 2.45. The van der Waals surface area contributed by atoms with Gasteiger partial charge < -0.3 is 13.9 Å². The van der Waals surface area contributed by atoms with Crippen LogP contribution in [0.2, 0.25) is 0 Å². The third-order valence-corrected chi connectivity index (χ3v) is 4.92. The number of benzene rings is 2. The fourth-order valence-corrected chi connectivity index (χ4v) is 3.61. The molecule has 0 saturated heterocycles. The maximum atomic E-state index is 12.2. The second kappa shape index (κ2) is 8.75. The summed E-state index contributed by atoms with van der Waals surface area (Å²) in [7, 11) is 1.58. The zero-order chi connectivity index (χ0) is 19.4. The molecule has 0 radical (unpaired) electrons. The van der Waals surface area contributed by atoms with E-state index in [-0.39, 0.29) is 5.76 Å². The fraction of sp³-hybridized carbons (Fsp3) is 0.158. The van der Waals surface area contributed by atoms with Crippen molar-refractivity contribution in [2.45, 2.75) is 6.92 Å². The van der Waals surface area contributed by atoms with Crippen LogP contribution in [-0.4, -0.2) is 25.8 Å². The van der Waals surface area contributed by atoms with Crippen molar-refractivity contribution in [2.24, 2.45) is 5.10 Å². The van der Waals surface area contributed by atoms with Gasteiger partial charge in [0.1, 0.15) is 5.58 Å². The molecule has 3 rings (SSSR count). The molecule has 1 N–H and O–H groups in total. The third-order valence-electron chi connectivity index (χ3n) is 3.62. The number of hydrazone groups is 1. The topological polar surface area (TPSA) is 73.1 Å². The van der Waals surface area contributed by atoms with Gasteiger partial charge in [-0.2, -0.15) is 5.10 Å². The Kier molecular flexibility index (Phi) is 6.38. The minimum absolute atomic E-state index is 0.194. The molecule has 6 nitrogen and oxygen atoms in total. The zero-order valence-corrected chi connectivity index (χ0v) is 18.3. The lowest BCUT2D eigenvalue weighted by Gasteiger charge is -2.11. The van der Waals surface area contributed by atoms with E-state index in [0.717, 1.165) is 19.0 Å². The highest BCUT2D eigenvalue weighted by atomic mass is 127. The first-order valence-electron chi connectivity index (χ1n) is 8.04. The van der Waals surface area contributed by atoms with Gasteiger partial charge in [-0.1, -0.05) is 15.9 Å². The number of furan rings is 1. The first kappa shape index (κ1) is 19.7. The van der Waals surface area contributed by atoms with Crippen LogP contribution in [0.25, 0.3) is 11.0 Å². The lowest BCUT2D eigenvalue weighted by atomic mass is 10.2. The first-order valence-corrected chi connectivity index (χ1v) is 9.91. The molecule has 2 aromatic carbocycles. The average molecular weight is 543 g/mol. The Hall–Kier alpha value is -2.07. The Morgan fingerprint density at radius 1 is 1.33 bits per heavy atom. The average Bonchev–Trinajstić information content (AvgIpc) is 3.06. The minimum atomic E-state index is -0.425. The second-order valence-corrected chi connectivity index (χ2v) is 7.54. The Morgan fingerprint density at radius 3 is 2.89 bits per heavy atom. The summed E-state index contributed by atoms with van der Waals surface area (Å²) < 4.78 is 18.3. The van der Waals surface area contributed by atoms with Gasteiger partial charge in [0.15, 0.2) is 17.3 Å². The standard InChI is InChI=1S/C19H16BrIN2O4/c1-3-26-18-14(21)6-11(7-16(18)25-2)10-22-23-19(24)17-9-12-8-13(20)4-5-15(12)27-17/h4-10H,3H2,1-2H3,(H,23,24)/b22-10-. The van der Waals surface area contributed by atoms with E-state index in [4.69, 9.17) is 13.9 Å². The number of fused-ring (bicyclic) bond motifs is 1. The van der Waals surface area contributed by atoms with E-state index < -0.39 is 5.91 Å². The predicted molar refractivity (Wildman–Crippen MR) is 116 cm³/mol. The summed E-state index contributed by atoms with van der Waals surface area (Å²) in [5.41, 5.74) is 3.88. The van der Waals surface area contributed by atoms with Crippen LogP contribution >= 0.6 is 38.5 Å². The molecule has 0 aliphatic rings. The molecule has 1 aromatic heterocycles. The number of rotatable bonds is 6. The highest BCUT2D eigenvalue weighted by molar-refractivity contribution is 14.1. The van der Waals surface area contributed by atoms with Crippen molar-refractivity contribution in [2.75, 3.05) is 13.7 Å². The van der Waals surface area contributed by atoms with Gasteiger partial charge in [-0.05, 0) is 71.5 Å². The molecular weight excluding hydrogens is 527 g/mol. The van der Waals surface area contributed by atoms with E-state index in [1.807, 2.05) is 25.1 Å². The van der Waals surface area contributed by atoms with E-state index >= 15 is 0 Å². The van der Waals surface area contributed by atoms with Crippen LogP contribution in [-0.2, 0) is 0 Å². The molecule has 0 aliphatic carbocycles. The number of carbonyl (C=O) groups excluding carboxylic acids is 1. The summed E-state index contributed by atoms with van der Waals surface area (Å²) >= 11 is 5.56. The number of nitrogens with one attached hydrogen (secondary N) is 1. The summed E-state index contributed by atoms with van der Waals surface area (Å²) in [6.07, 6.45) is 1.54. The van der Waals surface area contributed by atoms with Crippen LogP contribution in [0.5, 0.6) is 11.5 Å². The molecule has 0 aliphatic heterocycles. The quantitative estimate of drug-likeness (QED) is 0.271. The number of methoxy groups -OCH3 is 1. The number of hydrogen-bond donors (Lipinski definition) is 1. The summed E-state index contributed by atoms with van der Waals surface area (Å²) in [6, 6.07) is 10.9. The second-order valence-electron chi connectivity index (χ2n) is 5.46. The molecule has 27 heavy (non-hydrogen) atoms. The van der Waals surface area contributed by atoms with Gasteiger partial charge in [0.2, 0.25) is 0 Å². The number of hydrogen-bond acceptors (Lipinski definition) is 5. The molecule has 140 valence electrons. The number of carbonyl (C=O) groups is 1. The van der Waals surface area contributed by atoms with E-state index in [1.54, 1.807) is 25.3 Å². The van der Waals surface area contributed by atoms with Gasteiger partial charge in [0.05, 0.1) is 23.5 Å². The van der Waals surface area contributed by atoms with Crippen LogP contribution in [0.15, 0.2) is 50.4 Å². The Balaban J connectivity index is 1.74. The lowest BCUT2D eigenvalue weighted by Crippen LogP contribution is -2.16. The summed E-state index contributed by atoms with van der Waals surface area (Å²) in [6.45, 7) is 2.46. The number of amides is 1. The highest BCUT2D eigenvalue weighted by Gasteiger charge is 2.13. The van der Waals surface area contributed by atoms with Gasteiger partial charge in [-0.25, -0.2) is 5.43 Å². The summed E-state index contributed by atoms with van der Waals surface area (Å²) in [5, 5.41) is 4.84. The summed E-state index contributed by atoms with van der Waals surface area (Å²) in [5.74, 6) is 1.07. The maximum Gasteiger partial charge on any atom is 0.307 e. The van der Waals surface area contributed by atoms with Crippen molar-refractivity contribution in [3.8, 4) is 11.5 Å². The number of nitrogens with zero attached hydrogens (tertiary/aromatic N) is 1. The van der Waals surface area contributed by atoms with Crippen LogP contribution in [0, 0.1) is 3.57 Å². The van der Waals surface area contributed by atoms with Gasteiger partial charge in [-0.15, -0.1) is 0 Å². The SMILES string of the molecule is CCOc1c(I)cc(/C=N\NC(=O)c2cc3cc(Br)ccc3o2)cc1OC. The monoisotopic (exact) mass is 542 g/mol. The smallest absolute Gasteiger partial charge is 0.307 e. The normalized spacial score (nSPS) is 11.1. The number of ether oxygens (including phenoxy) is 2. The van der Waals surface area contributed by atoms with Crippen molar-refractivity contribution in [1.29, 1.82) is 0 Å². The molecular formula is C19H16BrIN2O4. The molecule has 0 bridgehead atoms. The highest BCUT2D eigenvalue weighted by Crippen LogP contribution is 2.33. The molecule has 3 aromatic rings. The molecule has 0 spiro atoms. The van der Waals surface area contributed by atoms with E-state index in [1.165, 1.54) is 6.21 Å². The van der Waals surface area contributed by atoms with E-state index in [2.05, 4.69) is 49.0 Å². The Labute approximate surface area is 178 Å². The Bertz CT molecular complexity index is 1020. The largest absolute Gasteiger partial charge is 0.493 e. The first-order chi connectivity index (χ1) is 13.0. The van der Waals surface area contributed by atoms with Crippen LogP contribution in [0.3, 0.4) is 0 Å². The van der Waals surface area contributed by atoms with E-state index in [0.29, 0.717) is 23.7 Å². The predicted octanol–water partition coefficient (Wildman–Crippen LogP) is 4.97. The molecule has 0 saturated carbocycles. The third kappa shape index (κ3) is 4.62. The van der Waals surface area contributed by atoms with Crippen LogP contribution < -0.4 is 14.9 Å². The minimum Gasteiger partial charge on any atom is -0.493 e. The van der Waals surface area contributed by atoms with Crippen molar-refractivity contribution in [1.82, 2.24) is 5.43 Å². The molecule has 1 amide bonds. The van der Waals surface area contributed by atoms with Crippen molar-refractivity contribution < 1.29 is 18.7 Å². The molecule has 0 unspecified atom stereocenters.